The van der Waals surface area contributed by atoms with Crippen LogP contribution >= 0.6 is 0 Å². The molecule has 3 nitrogen and oxygen atoms in total. The predicted molar refractivity (Wildman–Crippen MR) is 75.7 cm³/mol. The quantitative estimate of drug-likeness (QED) is 0.666. The smallest absolute Gasteiger partial charge is 0.0459 e. The zero-order valence-corrected chi connectivity index (χ0v) is 10.7. The lowest BCUT2D eigenvalue weighted by molar-refractivity contribution is 0.536. The van der Waals surface area contributed by atoms with Crippen molar-refractivity contribution in [3.63, 3.8) is 0 Å². The van der Waals surface area contributed by atoms with E-state index in [-0.39, 0.29) is 6.04 Å². The number of nitrogens with one attached hydrogen (secondary N) is 2. The monoisotopic (exact) mass is 243 g/mol. The fourth-order valence-electron chi connectivity index (χ4n) is 2.90. The van der Waals surface area contributed by atoms with Crippen molar-refractivity contribution in [1.82, 2.24) is 10.3 Å². The molecular weight excluding hydrogens is 222 g/mol. The molecule has 18 heavy (non-hydrogen) atoms. The van der Waals surface area contributed by atoms with Crippen molar-refractivity contribution in [2.45, 2.75) is 31.7 Å². The third kappa shape index (κ3) is 2.16. The first-order valence-corrected chi connectivity index (χ1v) is 6.92. The number of hydrogen-bond acceptors (Lipinski definition) is 2. The zero-order chi connectivity index (χ0) is 12.4. The number of rotatable bonds is 0. The Labute approximate surface area is 108 Å². The Morgan fingerprint density at radius 1 is 1.11 bits per heavy atom. The van der Waals surface area contributed by atoms with Crippen LogP contribution in [0.15, 0.2) is 24.3 Å². The summed E-state index contributed by atoms with van der Waals surface area (Å²) in [6.07, 6.45) is 4.56. The van der Waals surface area contributed by atoms with Crippen LogP contribution in [0, 0.1) is 0 Å². The van der Waals surface area contributed by atoms with E-state index in [1.807, 2.05) is 0 Å². The van der Waals surface area contributed by atoms with E-state index in [2.05, 4.69) is 34.6 Å². The molecule has 3 rings (SSSR count). The minimum Gasteiger partial charge on any atom is -0.357 e. The van der Waals surface area contributed by atoms with Gasteiger partial charge >= 0.3 is 0 Å². The lowest BCUT2D eigenvalue weighted by Crippen LogP contribution is -2.22. The van der Waals surface area contributed by atoms with E-state index in [9.17, 15) is 0 Å². The van der Waals surface area contributed by atoms with Gasteiger partial charge in [0.1, 0.15) is 0 Å². The number of para-hydroxylation sites is 1. The topological polar surface area (TPSA) is 53.8 Å². The number of aromatic nitrogens is 1. The maximum Gasteiger partial charge on any atom is 0.0459 e. The van der Waals surface area contributed by atoms with Gasteiger partial charge in [-0.1, -0.05) is 24.6 Å². The van der Waals surface area contributed by atoms with Crippen LogP contribution in [0.4, 0.5) is 0 Å². The van der Waals surface area contributed by atoms with Crippen LogP contribution in [-0.4, -0.2) is 18.1 Å². The third-order valence-corrected chi connectivity index (χ3v) is 3.89. The molecule has 0 bridgehead atoms. The Morgan fingerprint density at radius 2 is 2.00 bits per heavy atom. The maximum absolute atomic E-state index is 6.35. The van der Waals surface area contributed by atoms with Gasteiger partial charge in [0.2, 0.25) is 0 Å². The van der Waals surface area contributed by atoms with Crippen LogP contribution in [-0.2, 0) is 6.42 Å². The average molecular weight is 243 g/mol. The summed E-state index contributed by atoms with van der Waals surface area (Å²) in [5, 5.41) is 4.85. The summed E-state index contributed by atoms with van der Waals surface area (Å²) in [6, 6.07) is 8.68. The second kappa shape index (κ2) is 5.12. The molecule has 1 aromatic heterocycles. The number of nitrogens with two attached hydrogens (primary N) is 1. The number of benzene rings is 1. The highest BCUT2D eigenvalue weighted by Crippen LogP contribution is 2.28. The second-order valence-corrected chi connectivity index (χ2v) is 5.17. The van der Waals surface area contributed by atoms with Gasteiger partial charge in [0.25, 0.3) is 0 Å². The summed E-state index contributed by atoms with van der Waals surface area (Å²) < 4.78 is 0. The highest BCUT2D eigenvalue weighted by molar-refractivity contribution is 5.84. The number of aromatic amines is 1. The van der Waals surface area contributed by atoms with E-state index in [0.717, 1.165) is 25.9 Å². The first-order chi connectivity index (χ1) is 8.86. The minimum absolute atomic E-state index is 0.158. The summed E-state index contributed by atoms with van der Waals surface area (Å²) in [5.74, 6) is 0. The van der Waals surface area contributed by atoms with Crippen molar-refractivity contribution in [3.05, 3.63) is 35.5 Å². The normalized spacial score (nSPS) is 21.7. The van der Waals surface area contributed by atoms with E-state index in [4.69, 9.17) is 5.73 Å². The highest BCUT2D eigenvalue weighted by atomic mass is 14.9. The van der Waals surface area contributed by atoms with Crippen LogP contribution < -0.4 is 11.1 Å². The molecule has 2 heterocycles. The van der Waals surface area contributed by atoms with E-state index in [0.29, 0.717) is 0 Å². The molecule has 96 valence electrons. The van der Waals surface area contributed by atoms with Crippen molar-refractivity contribution >= 4 is 10.9 Å². The fraction of sp³-hybridized carbons (Fsp3) is 0.467. The van der Waals surface area contributed by atoms with Gasteiger partial charge in [-0.2, -0.15) is 0 Å². The van der Waals surface area contributed by atoms with Gasteiger partial charge in [-0.15, -0.1) is 0 Å². The minimum atomic E-state index is 0.158. The predicted octanol–water partition coefficient (Wildman–Crippen LogP) is 2.48. The molecule has 0 saturated heterocycles. The number of H-pyrrole nitrogens is 1. The van der Waals surface area contributed by atoms with Gasteiger partial charge in [-0.25, -0.2) is 0 Å². The van der Waals surface area contributed by atoms with E-state index in [1.165, 1.54) is 35.0 Å². The SMILES string of the molecule is NC1CCCCNCCc2c1[nH]c1ccccc21. The second-order valence-electron chi connectivity index (χ2n) is 5.17. The van der Waals surface area contributed by atoms with Gasteiger partial charge in [0.05, 0.1) is 0 Å². The summed E-state index contributed by atoms with van der Waals surface area (Å²) in [5.41, 5.74) is 10.2. The van der Waals surface area contributed by atoms with Gasteiger partial charge < -0.3 is 16.0 Å². The summed E-state index contributed by atoms with van der Waals surface area (Å²) >= 11 is 0. The van der Waals surface area contributed by atoms with Gasteiger partial charge in [-0.3, -0.25) is 0 Å². The van der Waals surface area contributed by atoms with Crippen molar-refractivity contribution in [2.24, 2.45) is 5.73 Å². The summed E-state index contributed by atoms with van der Waals surface area (Å²) in [6.45, 7) is 2.16. The van der Waals surface area contributed by atoms with E-state index in [1.54, 1.807) is 0 Å². The molecule has 4 N–H and O–H groups in total. The number of hydrogen-bond donors (Lipinski definition) is 3. The van der Waals surface area contributed by atoms with Crippen molar-refractivity contribution in [1.29, 1.82) is 0 Å². The van der Waals surface area contributed by atoms with Crippen LogP contribution in [0.1, 0.15) is 36.6 Å². The molecule has 1 aromatic carbocycles. The van der Waals surface area contributed by atoms with Crippen molar-refractivity contribution in [2.75, 3.05) is 13.1 Å². The standard InChI is InChI=1S/C15H21N3/c16-13-6-3-4-9-17-10-8-12-11-5-1-2-7-14(11)18-15(12)13/h1-2,5,7,13,17-18H,3-4,6,8-10,16H2. The van der Waals surface area contributed by atoms with Crippen LogP contribution in [0.25, 0.3) is 10.9 Å². The summed E-state index contributed by atoms with van der Waals surface area (Å²) in [7, 11) is 0. The molecule has 0 amide bonds. The lowest BCUT2D eigenvalue weighted by atomic mass is 9.99. The van der Waals surface area contributed by atoms with Gasteiger partial charge in [0.15, 0.2) is 0 Å². The molecule has 0 radical (unpaired) electrons. The maximum atomic E-state index is 6.35. The first-order valence-electron chi connectivity index (χ1n) is 6.92. The Kier molecular flexibility index (Phi) is 3.35. The molecule has 3 heteroatoms. The number of fused-ring (bicyclic) bond motifs is 3. The molecular formula is C15H21N3. The third-order valence-electron chi connectivity index (χ3n) is 3.89. The Balaban J connectivity index is 2.05. The van der Waals surface area contributed by atoms with Crippen LogP contribution in [0.3, 0.4) is 0 Å². The average Bonchev–Trinajstić information content (AvgIpc) is 2.77. The Morgan fingerprint density at radius 3 is 2.94 bits per heavy atom. The van der Waals surface area contributed by atoms with Crippen molar-refractivity contribution < 1.29 is 0 Å². The van der Waals surface area contributed by atoms with Crippen molar-refractivity contribution in [3.8, 4) is 0 Å². The molecule has 1 aliphatic rings. The van der Waals surface area contributed by atoms with Gasteiger partial charge in [-0.05, 0) is 44.0 Å². The molecule has 1 unspecified atom stereocenters. The largest absolute Gasteiger partial charge is 0.357 e. The molecule has 0 aliphatic carbocycles. The summed E-state index contributed by atoms with van der Waals surface area (Å²) in [4.78, 5) is 3.53. The Hall–Kier alpha value is -1.32. The Bertz CT molecular complexity index is 530. The van der Waals surface area contributed by atoms with Gasteiger partial charge in [0, 0.05) is 22.6 Å². The van der Waals surface area contributed by atoms with Crippen LogP contribution in [0.5, 0.6) is 0 Å². The molecule has 1 atom stereocenters. The highest BCUT2D eigenvalue weighted by Gasteiger charge is 2.17. The zero-order valence-electron chi connectivity index (χ0n) is 10.7. The molecule has 2 aromatic rings. The molecule has 0 saturated carbocycles. The van der Waals surface area contributed by atoms with E-state index < -0.39 is 0 Å². The molecule has 0 spiro atoms. The van der Waals surface area contributed by atoms with E-state index >= 15 is 0 Å². The fourth-order valence-corrected chi connectivity index (χ4v) is 2.90. The molecule has 1 aliphatic heterocycles. The lowest BCUT2D eigenvalue weighted by Gasteiger charge is -2.15. The van der Waals surface area contributed by atoms with Crippen LogP contribution in [0.2, 0.25) is 0 Å². The molecule has 0 fully saturated rings. The first kappa shape index (κ1) is 11.8.